The Hall–Kier alpha value is -2.07. The van der Waals surface area contributed by atoms with E-state index in [1.54, 1.807) is 6.26 Å². The van der Waals surface area contributed by atoms with E-state index in [2.05, 4.69) is 18.0 Å². The van der Waals surface area contributed by atoms with Crippen molar-refractivity contribution >= 4 is 11.6 Å². The Bertz CT molecular complexity index is 607. The summed E-state index contributed by atoms with van der Waals surface area (Å²) >= 11 is 0. The number of amides is 1. The molecule has 4 heteroatoms. The molecule has 0 saturated heterocycles. The number of para-hydroxylation sites is 1. The minimum absolute atomic E-state index is 0.161. The zero-order chi connectivity index (χ0) is 14.7. The lowest BCUT2D eigenvalue weighted by molar-refractivity contribution is -0.118. The molecular weight excluding hydrogens is 264 g/mol. The highest BCUT2D eigenvalue weighted by Crippen LogP contribution is 2.25. The minimum atomic E-state index is 0.161. The molecule has 0 unspecified atom stereocenters. The minimum Gasteiger partial charge on any atom is -0.469 e. The number of furan rings is 1. The van der Waals surface area contributed by atoms with Gasteiger partial charge in [0.25, 0.3) is 0 Å². The van der Waals surface area contributed by atoms with Gasteiger partial charge in [-0.3, -0.25) is 4.79 Å². The SMILES string of the molecule is CN1CCN(C(=O)CCc2ccco2)c2ccccc2C1. The molecule has 1 aliphatic heterocycles. The van der Waals surface area contributed by atoms with Crippen LogP contribution >= 0.6 is 0 Å². The van der Waals surface area contributed by atoms with Crippen LogP contribution < -0.4 is 4.90 Å². The molecule has 110 valence electrons. The van der Waals surface area contributed by atoms with Gasteiger partial charge < -0.3 is 14.2 Å². The maximum absolute atomic E-state index is 12.6. The molecule has 2 aromatic rings. The molecule has 0 bridgehead atoms. The van der Waals surface area contributed by atoms with Gasteiger partial charge in [0, 0.05) is 38.2 Å². The fourth-order valence-corrected chi connectivity index (χ4v) is 2.75. The number of aryl methyl sites for hydroxylation is 1. The average Bonchev–Trinajstić information content (AvgIpc) is 2.94. The predicted octanol–water partition coefficient (Wildman–Crippen LogP) is 2.69. The van der Waals surface area contributed by atoms with Crippen molar-refractivity contribution < 1.29 is 9.21 Å². The highest BCUT2D eigenvalue weighted by atomic mass is 16.3. The Kier molecular flexibility index (Phi) is 4.06. The summed E-state index contributed by atoms with van der Waals surface area (Å²) in [5.74, 6) is 1.03. The molecule has 0 radical (unpaired) electrons. The van der Waals surface area contributed by atoms with Gasteiger partial charge in [0.1, 0.15) is 5.76 Å². The molecule has 0 aliphatic carbocycles. The van der Waals surface area contributed by atoms with Crippen molar-refractivity contribution in [2.45, 2.75) is 19.4 Å². The van der Waals surface area contributed by atoms with Crippen LogP contribution in [0.4, 0.5) is 5.69 Å². The zero-order valence-corrected chi connectivity index (χ0v) is 12.3. The predicted molar refractivity (Wildman–Crippen MR) is 82.2 cm³/mol. The van der Waals surface area contributed by atoms with Crippen molar-refractivity contribution in [1.82, 2.24) is 4.90 Å². The summed E-state index contributed by atoms with van der Waals surface area (Å²) in [6, 6.07) is 11.9. The first kappa shape index (κ1) is 13.9. The summed E-state index contributed by atoms with van der Waals surface area (Å²) in [6.45, 7) is 2.52. The molecule has 0 fully saturated rings. The van der Waals surface area contributed by atoms with Crippen molar-refractivity contribution in [3.8, 4) is 0 Å². The van der Waals surface area contributed by atoms with Crippen molar-refractivity contribution in [2.75, 3.05) is 25.0 Å². The van der Waals surface area contributed by atoms with Crippen LogP contribution in [0.3, 0.4) is 0 Å². The normalized spacial score (nSPS) is 15.6. The third-order valence-electron chi connectivity index (χ3n) is 3.89. The summed E-state index contributed by atoms with van der Waals surface area (Å²) in [6.07, 6.45) is 2.78. The molecule has 0 spiro atoms. The van der Waals surface area contributed by atoms with E-state index in [1.165, 1.54) is 5.56 Å². The molecule has 0 atom stereocenters. The Labute approximate surface area is 125 Å². The standard InChI is InChI=1S/C17H20N2O2/c1-18-10-11-19(16-7-3-2-5-14(16)13-18)17(20)9-8-15-6-4-12-21-15/h2-7,12H,8-11,13H2,1H3. The zero-order valence-electron chi connectivity index (χ0n) is 12.3. The van der Waals surface area contributed by atoms with Gasteiger partial charge in [-0.25, -0.2) is 0 Å². The van der Waals surface area contributed by atoms with Gasteiger partial charge >= 0.3 is 0 Å². The molecule has 4 nitrogen and oxygen atoms in total. The van der Waals surface area contributed by atoms with Gasteiger partial charge in [-0.15, -0.1) is 0 Å². The Balaban J connectivity index is 1.76. The van der Waals surface area contributed by atoms with Crippen LogP contribution in [0.2, 0.25) is 0 Å². The van der Waals surface area contributed by atoms with Crippen molar-refractivity contribution in [3.63, 3.8) is 0 Å². The summed E-state index contributed by atoms with van der Waals surface area (Å²) in [4.78, 5) is 16.7. The highest BCUT2D eigenvalue weighted by molar-refractivity contribution is 5.94. The van der Waals surface area contributed by atoms with Crippen LogP contribution in [-0.2, 0) is 17.8 Å². The topological polar surface area (TPSA) is 36.7 Å². The van der Waals surface area contributed by atoms with Crippen LogP contribution in [0, 0.1) is 0 Å². The second-order valence-electron chi connectivity index (χ2n) is 5.49. The third kappa shape index (κ3) is 3.16. The number of fused-ring (bicyclic) bond motifs is 1. The largest absolute Gasteiger partial charge is 0.469 e. The van der Waals surface area contributed by atoms with E-state index in [0.29, 0.717) is 12.8 Å². The smallest absolute Gasteiger partial charge is 0.227 e. The molecule has 1 amide bonds. The van der Waals surface area contributed by atoms with Crippen LogP contribution in [0.15, 0.2) is 47.1 Å². The number of nitrogens with zero attached hydrogens (tertiary/aromatic N) is 2. The van der Waals surface area contributed by atoms with Crippen molar-refractivity contribution in [3.05, 3.63) is 54.0 Å². The van der Waals surface area contributed by atoms with Gasteiger partial charge in [0.2, 0.25) is 5.91 Å². The first-order valence-corrected chi connectivity index (χ1v) is 7.33. The molecule has 21 heavy (non-hydrogen) atoms. The van der Waals surface area contributed by atoms with E-state index in [0.717, 1.165) is 31.1 Å². The van der Waals surface area contributed by atoms with Crippen LogP contribution in [0.1, 0.15) is 17.7 Å². The van der Waals surface area contributed by atoms with E-state index in [4.69, 9.17) is 4.42 Å². The first-order valence-electron chi connectivity index (χ1n) is 7.33. The van der Waals surface area contributed by atoms with E-state index in [-0.39, 0.29) is 5.91 Å². The lowest BCUT2D eigenvalue weighted by Gasteiger charge is -2.22. The van der Waals surface area contributed by atoms with Gasteiger partial charge in [-0.1, -0.05) is 18.2 Å². The van der Waals surface area contributed by atoms with Gasteiger partial charge in [-0.05, 0) is 30.8 Å². The molecule has 2 heterocycles. The van der Waals surface area contributed by atoms with Crippen molar-refractivity contribution in [1.29, 1.82) is 0 Å². The first-order chi connectivity index (χ1) is 10.2. The van der Waals surface area contributed by atoms with Crippen LogP contribution in [-0.4, -0.2) is 30.9 Å². The molecule has 3 rings (SSSR count). The lowest BCUT2D eigenvalue weighted by Crippen LogP contribution is -2.35. The van der Waals surface area contributed by atoms with Crippen LogP contribution in [0.5, 0.6) is 0 Å². The number of likely N-dealkylation sites (N-methyl/N-ethyl adjacent to an activating group) is 1. The van der Waals surface area contributed by atoms with Crippen LogP contribution in [0.25, 0.3) is 0 Å². The third-order valence-corrected chi connectivity index (χ3v) is 3.89. The van der Waals surface area contributed by atoms with E-state index in [1.807, 2.05) is 35.2 Å². The molecule has 0 N–H and O–H groups in total. The average molecular weight is 284 g/mol. The van der Waals surface area contributed by atoms with E-state index >= 15 is 0 Å². The quantitative estimate of drug-likeness (QED) is 0.869. The second kappa shape index (κ2) is 6.14. The Morgan fingerprint density at radius 3 is 2.86 bits per heavy atom. The van der Waals surface area contributed by atoms with Gasteiger partial charge in [0.05, 0.1) is 6.26 Å². The summed E-state index contributed by atoms with van der Waals surface area (Å²) in [7, 11) is 2.09. The van der Waals surface area contributed by atoms with Crippen molar-refractivity contribution in [2.24, 2.45) is 0 Å². The maximum Gasteiger partial charge on any atom is 0.227 e. The molecule has 1 aromatic carbocycles. The summed E-state index contributed by atoms with van der Waals surface area (Å²) in [5, 5.41) is 0. The second-order valence-corrected chi connectivity index (χ2v) is 5.49. The Morgan fingerprint density at radius 2 is 2.05 bits per heavy atom. The number of hydrogen-bond acceptors (Lipinski definition) is 3. The van der Waals surface area contributed by atoms with E-state index in [9.17, 15) is 4.79 Å². The number of rotatable bonds is 3. The van der Waals surface area contributed by atoms with E-state index < -0.39 is 0 Å². The van der Waals surface area contributed by atoms with Gasteiger partial charge in [-0.2, -0.15) is 0 Å². The molecular formula is C17H20N2O2. The van der Waals surface area contributed by atoms with Gasteiger partial charge in [0.15, 0.2) is 0 Å². The molecule has 1 aliphatic rings. The summed E-state index contributed by atoms with van der Waals surface area (Å²) in [5.41, 5.74) is 2.26. The highest BCUT2D eigenvalue weighted by Gasteiger charge is 2.22. The fourth-order valence-electron chi connectivity index (χ4n) is 2.75. The fraction of sp³-hybridized carbons (Fsp3) is 0.353. The number of carbonyl (C=O) groups excluding carboxylic acids is 1. The Morgan fingerprint density at radius 1 is 1.19 bits per heavy atom. The number of benzene rings is 1. The molecule has 0 saturated carbocycles. The lowest BCUT2D eigenvalue weighted by atomic mass is 10.1. The monoisotopic (exact) mass is 284 g/mol. The maximum atomic E-state index is 12.6. The number of carbonyl (C=O) groups is 1. The molecule has 1 aromatic heterocycles. The summed E-state index contributed by atoms with van der Waals surface area (Å²) < 4.78 is 5.30. The number of hydrogen-bond donors (Lipinski definition) is 0. The number of anilines is 1.